The molecule has 0 fully saturated rings. The molecule has 8 heteroatoms. The van der Waals surface area contributed by atoms with Gasteiger partial charge >= 0.3 is 13.8 Å². The molecule has 0 amide bonds. The number of phosphoric acid groups is 1. The summed E-state index contributed by atoms with van der Waals surface area (Å²) in [4.78, 5) is 21.2. The summed E-state index contributed by atoms with van der Waals surface area (Å²) in [5.41, 5.74) is 0.318. The molecule has 29 heavy (non-hydrogen) atoms. The summed E-state index contributed by atoms with van der Waals surface area (Å²) < 4.78 is 28.2. The number of ether oxygens (including phenoxy) is 1. The van der Waals surface area contributed by atoms with Gasteiger partial charge < -0.3 is 14.1 Å². The lowest BCUT2D eigenvalue weighted by Gasteiger charge is -2.39. The fraction of sp³-hybridized carbons (Fsp3) is 0.857. The molecule has 172 valence electrons. The molecule has 0 bridgehead atoms. The molecule has 0 aromatic heterocycles. The van der Waals surface area contributed by atoms with Gasteiger partial charge in [-0.15, -0.1) is 0 Å². The molecule has 7 nitrogen and oxygen atoms in total. The Morgan fingerprint density at radius 3 is 1.79 bits per heavy atom. The SMILES string of the molecule is C=C(C)C(=O)OCCCOP(=O)(O)OCC[N+](CCCC)(CCCC)CCCC. The number of unbranched alkanes of at least 4 members (excludes halogenated alkanes) is 3. The van der Waals surface area contributed by atoms with E-state index in [4.69, 9.17) is 13.8 Å². The number of esters is 1. The Bertz CT molecular complexity index is 490. The largest absolute Gasteiger partial charge is 0.472 e. The van der Waals surface area contributed by atoms with Crippen molar-refractivity contribution in [1.29, 1.82) is 0 Å². The summed E-state index contributed by atoms with van der Waals surface area (Å²) in [5, 5.41) is 0. The van der Waals surface area contributed by atoms with Crippen LogP contribution < -0.4 is 0 Å². The minimum atomic E-state index is -4.11. The predicted octanol–water partition coefficient (Wildman–Crippen LogP) is 4.85. The summed E-state index contributed by atoms with van der Waals surface area (Å²) >= 11 is 0. The highest BCUT2D eigenvalue weighted by Crippen LogP contribution is 2.43. The number of rotatable bonds is 19. The van der Waals surface area contributed by atoms with E-state index in [0.717, 1.165) is 62.6 Å². The van der Waals surface area contributed by atoms with Gasteiger partial charge in [0.25, 0.3) is 0 Å². The average molecular weight is 437 g/mol. The van der Waals surface area contributed by atoms with E-state index < -0.39 is 13.8 Å². The molecule has 1 N–H and O–H groups in total. The maximum Gasteiger partial charge on any atom is 0.472 e. The van der Waals surface area contributed by atoms with E-state index in [-0.39, 0.29) is 19.8 Å². The molecule has 0 heterocycles. The van der Waals surface area contributed by atoms with Gasteiger partial charge in [-0.05, 0) is 26.2 Å². The first kappa shape index (κ1) is 28.3. The van der Waals surface area contributed by atoms with Crippen LogP contribution in [0.4, 0.5) is 0 Å². The molecule has 0 saturated heterocycles. The highest BCUT2D eigenvalue weighted by Gasteiger charge is 2.28. The first-order valence-electron chi connectivity index (χ1n) is 11.0. The van der Waals surface area contributed by atoms with Crippen LogP contribution >= 0.6 is 7.82 Å². The van der Waals surface area contributed by atoms with Crippen LogP contribution in [0.25, 0.3) is 0 Å². The van der Waals surface area contributed by atoms with Crippen molar-refractivity contribution in [3.63, 3.8) is 0 Å². The van der Waals surface area contributed by atoms with Crippen molar-refractivity contribution in [1.82, 2.24) is 0 Å². The van der Waals surface area contributed by atoms with Crippen LogP contribution in [0.15, 0.2) is 12.2 Å². The van der Waals surface area contributed by atoms with Crippen LogP contribution in [0.3, 0.4) is 0 Å². The lowest BCUT2D eigenvalue weighted by atomic mass is 10.1. The van der Waals surface area contributed by atoms with Crippen LogP contribution in [0.2, 0.25) is 0 Å². The molecule has 0 aromatic rings. The van der Waals surface area contributed by atoms with E-state index in [1.165, 1.54) is 0 Å². The van der Waals surface area contributed by atoms with E-state index >= 15 is 0 Å². The molecule has 0 aliphatic heterocycles. The third-order valence-corrected chi connectivity index (χ3v) is 5.92. The van der Waals surface area contributed by atoms with Crippen LogP contribution in [0.1, 0.15) is 72.6 Å². The van der Waals surface area contributed by atoms with Crippen molar-refractivity contribution in [2.24, 2.45) is 0 Å². The smallest absolute Gasteiger partial charge is 0.462 e. The van der Waals surface area contributed by atoms with Gasteiger partial charge in [0.05, 0.1) is 32.8 Å². The summed E-state index contributed by atoms with van der Waals surface area (Å²) in [7, 11) is -4.11. The molecule has 1 unspecified atom stereocenters. The van der Waals surface area contributed by atoms with Gasteiger partial charge in [-0.3, -0.25) is 9.05 Å². The second-order valence-corrected chi connectivity index (χ2v) is 9.16. The highest BCUT2D eigenvalue weighted by molar-refractivity contribution is 7.47. The second kappa shape index (κ2) is 16.0. The first-order valence-corrected chi connectivity index (χ1v) is 12.5. The number of nitrogens with zero attached hydrogens (tertiary/aromatic N) is 1. The number of hydrogen-bond donors (Lipinski definition) is 1. The Morgan fingerprint density at radius 1 is 0.862 bits per heavy atom. The summed E-state index contributed by atoms with van der Waals surface area (Å²) in [6, 6.07) is 0. The molecular formula is C21H43NO6P+. The third kappa shape index (κ3) is 14.0. The molecule has 0 spiro atoms. The maximum atomic E-state index is 12.1. The van der Waals surface area contributed by atoms with Crippen molar-refractivity contribution in [2.45, 2.75) is 72.6 Å². The second-order valence-electron chi connectivity index (χ2n) is 7.70. The van der Waals surface area contributed by atoms with Crippen LogP contribution in [0.5, 0.6) is 0 Å². The fourth-order valence-electron chi connectivity index (χ4n) is 3.07. The van der Waals surface area contributed by atoms with Crippen LogP contribution in [-0.2, 0) is 23.1 Å². The zero-order chi connectivity index (χ0) is 22.2. The van der Waals surface area contributed by atoms with Crippen molar-refractivity contribution >= 4 is 13.8 Å². The maximum absolute atomic E-state index is 12.1. The van der Waals surface area contributed by atoms with E-state index in [1.807, 2.05) is 0 Å². The molecule has 0 aliphatic carbocycles. The van der Waals surface area contributed by atoms with Gasteiger partial charge in [0.1, 0.15) is 13.2 Å². The van der Waals surface area contributed by atoms with Gasteiger partial charge in [0.15, 0.2) is 0 Å². The quantitative estimate of drug-likeness (QED) is 0.103. The van der Waals surface area contributed by atoms with Crippen LogP contribution in [-0.4, -0.2) is 61.3 Å². The monoisotopic (exact) mass is 436 g/mol. The molecule has 1 atom stereocenters. The standard InChI is InChI=1S/C21H42NO6P/c1-6-9-13-22(14-10-7-2,15-11-8-3)16-19-28-29(24,25)27-18-12-17-26-21(23)20(4)5/h4,6-19H2,1-3,5H3/p+1. The van der Waals surface area contributed by atoms with Gasteiger partial charge in [-0.25, -0.2) is 9.36 Å². The van der Waals surface area contributed by atoms with Crippen molar-refractivity contribution in [3.05, 3.63) is 12.2 Å². The Morgan fingerprint density at radius 2 is 1.34 bits per heavy atom. The molecule has 0 saturated carbocycles. The number of hydrogen-bond acceptors (Lipinski definition) is 5. The molecule has 0 aromatic carbocycles. The van der Waals surface area contributed by atoms with Crippen molar-refractivity contribution in [2.75, 3.05) is 46.0 Å². The van der Waals surface area contributed by atoms with Gasteiger partial charge in [0.2, 0.25) is 0 Å². The lowest BCUT2D eigenvalue weighted by Crippen LogP contribution is -2.52. The van der Waals surface area contributed by atoms with E-state index in [0.29, 0.717) is 18.5 Å². The summed E-state index contributed by atoms with van der Waals surface area (Å²) in [5.74, 6) is -0.478. The zero-order valence-corrected chi connectivity index (χ0v) is 19.9. The number of carbonyl (C=O) groups excluding carboxylic acids is 1. The number of carbonyl (C=O) groups is 1. The predicted molar refractivity (Wildman–Crippen MR) is 117 cm³/mol. The minimum Gasteiger partial charge on any atom is -0.462 e. The topological polar surface area (TPSA) is 82.1 Å². The number of quaternary nitrogens is 1. The average Bonchev–Trinajstić information content (AvgIpc) is 2.68. The molecule has 0 radical (unpaired) electrons. The lowest BCUT2D eigenvalue weighted by molar-refractivity contribution is -0.928. The Labute approximate surface area is 177 Å². The Hall–Kier alpha value is -0.720. The van der Waals surface area contributed by atoms with Crippen molar-refractivity contribution in [3.8, 4) is 0 Å². The minimum absolute atomic E-state index is 0.0151. The summed E-state index contributed by atoms with van der Waals surface area (Å²) in [6.07, 6.45) is 7.15. The molecule has 0 rings (SSSR count). The van der Waals surface area contributed by atoms with Gasteiger partial charge in [-0.2, -0.15) is 0 Å². The first-order chi connectivity index (χ1) is 13.7. The summed E-state index contributed by atoms with van der Waals surface area (Å²) in [6.45, 7) is 15.8. The normalized spacial score (nSPS) is 13.8. The highest BCUT2D eigenvalue weighted by atomic mass is 31.2. The van der Waals surface area contributed by atoms with E-state index in [9.17, 15) is 14.3 Å². The fourth-order valence-corrected chi connectivity index (χ4v) is 3.81. The Kier molecular flexibility index (Phi) is 15.6. The zero-order valence-electron chi connectivity index (χ0n) is 19.0. The van der Waals surface area contributed by atoms with E-state index in [2.05, 4.69) is 27.4 Å². The van der Waals surface area contributed by atoms with E-state index in [1.54, 1.807) is 6.92 Å². The molecule has 0 aliphatic rings. The van der Waals surface area contributed by atoms with Crippen LogP contribution in [0, 0.1) is 0 Å². The van der Waals surface area contributed by atoms with Gasteiger partial charge in [-0.1, -0.05) is 46.6 Å². The number of phosphoric ester groups is 1. The van der Waals surface area contributed by atoms with Crippen molar-refractivity contribution < 1.29 is 32.5 Å². The Balaban J connectivity index is 4.49. The third-order valence-electron chi connectivity index (χ3n) is 4.90. The van der Waals surface area contributed by atoms with Gasteiger partial charge in [0, 0.05) is 12.0 Å². The molecular weight excluding hydrogens is 393 g/mol.